The summed E-state index contributed by atoms with van der Waals surface area (Å²) in [4.78, 5) is 0. The molecule has 0 unspecified atom stereocenters. The van der Waals surface area contributed by atoms with Gasteiger partial charge in [0.2, 0.25) is 0 Å². The Morgan fingerprint density at radius 3 is 2.42 bits per heavy atom. The predicted molar refractivity (Wildman–Crippen MR) is 50.6 cm³/mol. The van der Waals surface area contributed by atoms with Crippen molar-refractivity contribution < 1.29 is 0 Å². The van der Waals surface area contributed by atoms with Crippen molar-refractivity contribution in [1.29, 1.82) is 5.41 Å². The van der Waals surface area contributed by atoms with Gasteiger partial charge in [-0.05, 0) is 24.8 Å². The first kappa shape index (κ1) is 7.53. The second-order valence-electron chi connectivity index (χ2n) is 3.67. The number of nitrogens with one attached hydrogen (secondary N) is 1. The molecule has 0 radical (unpaired) electrons. The van der Waals surface area contributed by atoms with Crippen LogP contribution in [0.15, 0.2) is 30.3 Å². The monoisotopic (exact) mass is 159 g/mol. The largest absolute Gasteiger partial charge is 0.313 e. The first-order valence-corrected chi connectivity index (χ1v) is 4.40. The van der Waals surface area contributed by atoms with Crippen LogP contribution >= 0.6 is 0 Å². The van der Waals surface area contributed by atoms with Crippen LogP contribution in [0.1, 0.15) is 18.4 Å². The molecule has 1 saturated carbocycles. The molecule has 0 spiro atoms. The maximum absolute atomic E-state index is 7.29. The van der Waals surface area contributed by atoms with Crippen LogP contribution in [-0.2, 0) is 6.42 Å². The maximum atomic E-state index is 7.29. The lowest BCUT2D eigenvalue weighted by Crippen LogP contribution is -2.05. The molecule has 0 bridgehead atoms. The minimum atomic E-state index is 0.237. The zero-order chi connectivity index (χ0) is 8.44. The molecule has 1 aliphatic carbocycles. The Bertz CT molecular complexity index is 272. The maximum Gasteiger partial charge on any atom is 0.00905 e. The van der Waals surface area contributed by atoms with E-state index in [4.69, 9.17) is 5.41 Å². The van der Waals surface area contributed by atoms with E-state index in [0.29, 0.717) is 0 Å². The van der Waals surface area contributed by atoms with Gasteiger partial charge in [-0.25, -0.2) is 0 Å². The van der Waals surface area contributed by atoms with Gasteiger partial charge in [-0.2, -0.15) is 0 Å². The fourth-order valence-electron chi connectivity index (χ4n) is 1.54. The van der Waals surface area contributed by atoms with Crippen LogP contribution in [0.25, 0.3) is 0 Å². The van der Waals surface area contributed by atoms with Gasteiger partial charge >= 0.3 is 0 Å². The highest BCUT2D eigenvalue weighted by Crippen LogP contribution is 2.46. The highest BCUT2D eigenvalue weighted by molar-refractivity contribution is 5.66. The molecule has 12 heavy (non-hydrogen) atoms. The van der Waals surface area contributed by atoms with Crippen molar-refractivity contribution in [1.82, 2.24) is 0 Å². The van der Waals surface area contributed by atoms with E-state index in [1.807, 2.05) is 6.07 Å². The average Bonchev–Trinajstić information content (AvgIpc) is 2.88. The molecule has 62 valence electrons. The van der Waals surface area contributed by atoms with Crippen LogP contribution in [-0.4, -0.2) is 6.21 Å². The van der Waals surface area contributed by atoms with E-state index in [2.05, 4.69) is 24.3 Å². The zero-order valence-corrected chi connectivity index (χ0v) is 7.09. The second-order valence-corrected chi connectivity index (χ2v) is 3.67. The van der Waals surface area contributed by atoms with Gasteiger partial charge in [-0.1, -0.05) is 30.3 Å². The molecule has 0 aliphatic heterocycles. The van der Waals surface area contributed by atoms with E-state index in [1.165, 1.54) is 18.4 Å². The first-order chi connectivity index (χ1) is 5.85. The minimum Gasteiger partial charge on any atom is -0.313 e. The van der Waals surface area contributed by atoms with Crippen molar-refractivity contribution in [2.75, 3.05) is 0 Å². The Morgan fingerprint density at radius 1 is 1.25 bits per heavy atom. The van der Waals surface area contributed by atoms with Crippen LogP contribution in [0.5, 0.6) is 0 Å². The third kappa shape index (κ3) is 1.40. The van der Waals surface area contributed by atoms with Gasteiger partial charge in [0.1, 0.15) is 0 Å². The summed E-state index contributed by atoms with van der Waals surface area (Å²) in [6.45, 7) is 0. The van der Waals surface area contributed by atoms with E-state index in [9.17, 15) is 0 Å². The summed E-state index contributed by atoms with van der Waals surface area (Å²) in [7, 11) is 0. The van der Waals surface area contributed by atoms with E-state index in [-0.39, 0.29) is 5.41 Å². The van der Waals surface area contributed by atoms with E-state index < -0.39 is 0 Å². The Balaban J connectivity index is 2.09. The molecule has 1 heteroatoms. The van der Waals surface area contributed by atoms with Gasteiger partial charge in [-0.3, -0.25) is 0 Å². The van der Waals surface area contributed by atoms with E-state index in [1.54, 1.807) is 6.21 Å². The standard InChI is InChI=1S/C11H13N/c12-9-11(6-7-11)8-10-4-2-1-3-5-10/h1-5,9,12H,6-8H2. The number of benzene rings is 1. The summed E-state index contributed by atoms with van der Waals surface area (Å²) in [6, 6.07) is 10.4. The van der Waals surface area contributed by atoms with Crippen LogP contribution in [0.2, 0.25) is 0 Å². The third-order valence-corrected chi connectivity index (χ3v) is 2.60. The summed E-state index contributed by atoms with van der Waals surface area (Å²) in [5, 5.41) is 7.29. The Labute approximate surface area is 72.9 Å². The smallest absolute Gasteiger partial charge is 0.00905 e. The Morgan fingerprint density at radius 2 is 1.92 bits per heavy atom. The average molecular weight is 159 g/mol. The van der Waals surface area contributed by atoms with Gasteiger partial charge < -0.3 is 5.41 Å². The lowest BCUT2D eigenvalue weighted by Gasteiger charge is -2.07. The fraction of sp³-hybridized carbons (Fsp3) is 0.364. The molecule has 1 aromatic rings. The van der Waals surface area contributed by atoms with Crippen molar-refractivity contribution in [3.63, 3.8) is 0 Å². The summed E-state index contributed by atoms with van der Waals surface area (Å²) >= 11 is 0. The molecule has 0 atom stereocenters. The molecule has 0 amide bonds. The second kappa shape index (κ2) is 2.74. The Hall–Kier alpha value is -1.11. The number of hydrogen-bond acceptors (Lipinski definition) is 1. The molecule has 0 heterocycles. The molecule has 1 aromatic carbocycles. The molecule has 1 N–H and O–H groups in total. The van der Waals surface area contributed by atoms with Crippen molar-refractivity contribution >= 4 is 6.21 Å². The van der Waals surface area contributed by atoms with Gasteiger partial charge in [0.05, 0.1) is 0 Å². The highest BCUT2D eigenvalue weighted by atomic mass is 14.5. The van der Waals surface area contributed by atoms with Crippen molar-refractivity contribution in [3.8, 4) is 0 Å². The molecular formula is C11H13N. The third-order valence-electron chi connectivity index (χ3n) is 2.60. The van der Waals surface area contributed by atoms with Crippen molar-refractivity contribution in [3.05, 3.63) is 35.9 Å². The fourth-order valence-corrected chi connectivity index (χ4v) is 1.54. The quantitative estimate of drug-likeness (QED) is 0.656. The summed E-state index contributed by atoms with van der Waals surface area (Å²) in [5.41, 5.74) is 1.60. The molecule has 1 fully saturated rings. The lowest BCUT2D eigenvalue weighted by atomic mass is 9.98. The van der Waals surface area contributed by atoms with Gasteiger partial charge in [0.15, 0.2) is 0 Å². The SMILES string of the molecule is N=CC1(Cc2ccccc2)CC1. The van der Waals surface area contributed by atoms with E-state index in [0.717, 1.165) is 6.42 Å². The first-order valence-electron chi connectivity index (χ1n) is 4.40. The molecule has 0 aromatic heterocycles. The van der Waals surface area contributed by atoms with Crippen LogP contribution in [0.3, 0.4) is 0 Å². The normalized spacial score (nSPS) is 18.7. The van der Waals surface area contributed by atoms with Crippen molar-refractivity contribution in [2.45, 2.75) is 19.3 Å². The van der Waals surface area contributed by atoms with Gasteiger partial charge in [0, 0.05) is 11.6 Å². The summed E-state index contributed by atoms with van der Waals surface area (Å²) < 4.78 is 0. The van der Waals surface area contributed by atoms with Crippen LogP contribution in [0, 0.1) is 10.8 Å². The topological polar surface area (TPSA) is 23.9 Å². The molecule has 2 rings (SSSR count). The lowest BCUT2D eigenvalue weighted by molar-refractivity contribution is 0.707. The van der Waals surface area contributed by atoms with Gasteiger partial charge in [-0.15, -0.1) is 0 Å². The summed E-state index contributed by atoms with van der Waals surface area (Å²) in [5.74, 6) is 0. The molecule has 1 aliphatic rings. The Kier molecular flexibility index (Phi) is 1.72. The predicted octanol–water partition coefficient (Wildman–Crippen LogP) is 2.66. The highest BCUT2D eigenvalue weighted by Gasteiger charge is 2.40. The van der Waals surface area contributed by atoms with Crippen LogP contribution in [0.4, 0.5) is 0 Å². The van der Waals surface area contributed by atoms with Crippen LogP contribution < -0.4 is 0 Å². The molecule has 0 saturated heterocycles. The van der Waals surface area contributed by atoms with Crippen molar-refractivity contribution in [2.24, 2.45) is 5.41 Å². The molecular weight excluding hydrogens is 146 g/mol. The van der Waals surface area contributed by atoms with E-state index >= 15 is 0 Å². The number of rotatable bonds is 3. The molecule has 1 nitrogen and oxygen atoms in total. The van der Waals surface area contributed by atoms with Gasteiger partial charge in [0.25, 0.3) is 0 Å². The number of hydrogen-bond donors (Lipinski definition) is 1. The summed E-state index contributed by atoms with van der Waals surface area (Å²) in [6.07, 6.45) is 5.08. The zero-order valence-electron chi connectivity index (χ0n) is 7.09. The minimum absolute atomic E-state index is 0.237.